The van der Waals surface area contributed by atoms with Crippen LogP contribution in [0, 0.1) is 50.7 Å². The second-order valence-electron chi connectivity index (χ2n) is 22.2. The van der Waals surface area contributed by atoms with Crippen LogP contribution >= 0.6 is 0 Å². The average Bonchev–Trinajstić information content (AvgIpc) is 3.74. The zero-order chi connectivity index (χ0) is 45.9. The van der Waals surface area contributed by atoms with Crippen LogP contribution in [0.5, 0.6) is 0 Å². The van der Waals surface area contributed by atoms with Crippen LogP contribution in [0.2, 0.25) is 0 Å². The van der Waals surface area contributed by atoms with Gasteiger partial charge in [-0.15, -0.1) is 0 Å². The van der Waals surface area contributed by atoms with Crippen molar-refractivity contribution in [3.05, 3.63) is 11.6 Å². The predicted molar refractivity (Wildman–Crippen MR) is 223 cm³/mol. The smallest absolute Gasteiger partial charge is 0.317 e. The van der Waals surface area contributed by atoms with Crippen molar-refractivity contribution in [3.63, 3.8) is 0 Å². The second-order valence-corrected chi connectivity index (χ2v) is 22.2. The van der Waals surface area contributed by atoms with Gasteiger partial charge in [-0.25, -0.2) is 0 Å². The summed E-state index contributed by atoms with van der Waals surface area (Å²) in [4.78, 5) is 15.0. The number of allylic oxidation sites excluding steroid dienone is 2. The minimum absolute atomic E-state index is 0.0969. The first-order valence-electron chi connectivity index (χ1n) is 23.7. The Kier molecular flexibility index (Phi) is 13.0. The molecule has 63 heavy (non-hydrogen) atoms. The summed E-state index contributed by atoms with van der Waals surface area (Å²) in [7, 11) is 0. The lowest BCUT2D eigenvalue weighted by molar-refractivity contribution is -0.325. The maximum absolute atomic E-state index is 15.0. The van der Waals surface area contributed by atoms with E-state index in [9.17, 15) is 46.0 Å². The number of hydrogen-bond acceptors (Lipinski definition) is 16. The minimum Gasteiger partial charge on any atom is -0.432 e. The van der Waals surface area contributed by atoms with E-state index in [1.165, 1.54) is 12.5 Å². The van der Waals surface area contributed by atoms with E-state index < -0.39 is 110 Å². The maximum atomic E-state index is 15.0. The molecule has 16 nitrogen and oxygen atoms in total. The summed E-state index contributed by atoms with van der Waals surface area (Å²) in [6.07, 6.45) is -9.69. The summed E-state index contributed by atoms with van der Waals surface area (Å²) in [6.45, 7) is 15.8. The number of carbonyl (C=O) groups is 1. The molecule has 0 bridgehead atoms. The van der Waals surface area contributed by atoms with Gasteiger partial charge in [0.25, 0.3) is 0 Å². The third-order valence-corrected chi connectivity index (χ3v) is 18.9. The molecule has 3 aliphatic heterocycles. The Morgan fingerprint density at radius 3 is 1.89 bits per heavy atom. The number of ether oxygens (including phenoxy) is 6. The Morgan fingerprint density at radius 2 is 1.27 bits per heavy atom. The highest BCUT2D eigenvalue weighted by Gasteiger charge is 2.84. The summed E-state index contributed by atoms with van der Waals surface area (Å²) >= 11 is 0. The molecule has 16 heteroatoms. The van der Waals surface area contributed by atoms with E-state index in [4.69, 9.17) is 28.4 Å². The number of esters is 1. The molecule has 3 saturated heterocycles. The molecule has 0 amide bonds. The van der Waals surface area contributed by atoms with Gasteiger partial charge in [-0.3, -0.25) is 4.79 Å². The van der Waals surface area contributed by atoms with Crippen LogP contribution < -0.4 is 0 Å². The highest BCUT2D eigenvalue weighted by Crippen LogP contribution is 2.89. The molecule has 2 spiro atoms. The van der Waals surface area contributed by atoms with Crippen LogP contribution in [-0.4, -0.2) is 157 Å². The summed E-state index contributed by atoms with van der Waals surface area (Å²) in [5.74, 6) is -0.404. The van der Waals surface area contributed by atoms with Gasteiger partial charge >= 0.3 is 5.97 Å². The molecule has 8 aliphatic rings. The second kappa shape index (κ2) is 17.0. The Labute approximate surface area is 371 Å². The van der Waals surface area contributed by atoms with Crippen molar-refractivity contribution < 1.29 is 79.2 Å². The zero-order valence-corrected chi connectivity index (χ0v) is 38.3. The standard InChI is InChI=1S/C47H76O16/c1-21(2)10-9-11-22(3)30-25(60-41-36(54)33(51)26(19-48)61-41)18-44(7)27-12-13-28-45(8,42(57)63-40-38(56)35(53)32(50)24(5)59-40)29(62-39-37(55)34(52)31(49)23(4)58-39)14-15-46(28)20-47(27,46)17-16-43(30,44)6/h10,22-41,48-56H,9,11-20H2,1-8H3. The van der Waals surface area contributed by atoms with Gasteiger partial charge in [0.05, 0.1) is 36.4 Å². The topological polar surface area (TPSA) is 255 Å². The molecule has 8 fully saturated rings. The van der Waals surface area contributed by atoms with E-state index in [2.05, 4.69) is 40.7 Å². The first-order chi connectivity index (χ1) is 29.5. The van der Waals surface area contributed by atoms with Gasteiger partial charge < -0.3 is 74.4 Å². The van der Waals surface area contributed by atoms with Gasteiger partial charge in [0.2, 0.25) is 6.29 Å². The van der Waals surface area contributed by atoms with E-state index in [0.717, 1.165) is 38.5 Å². The third kappa shape index (κ3) is 7.25. The Morgan fingerprint density at radius 1 is 0.698 bits per heavy atom. The van der Waals surface area contributed by atoms with Gasteiger partial charge in [-0.05, 0) is 144 Å². The van der Waals surface area contributed by atoms with Crippen LogP contribution in [0.1, 0.15) is 120 Å². The van der Waals surface area contributed by atoms with Gasteiger partial charge in [-0.2, -0.15) is 0 Å². The number of carbonyl (C=O) groups excluding carboxylic acids is 1. The summed E-state index contributed by atoms with van der Waals surface area (Å²) in [5.41, 5.74) is -0.986. The molecule has 8 rings (SSSR count). The van der Waals surface area contributed by atoms with Crippen LogP contribution in [0.3, 0.4) is 0 Å². The normalized spacial score (nSPS) is 55.5. The molecule has 3 heterocycles. The number of hydrogen-bond donors (Lipinski definition) is 9. The van der Waals surface area contributed by atoms with Crippen LogP contribution in [-0.2, 0) is 33.2 Å². The van der Waals surface area contributed by atoms with Gasteiger partial charge in [0, 0.05) is 0 Å². The van der Waals surface area contributed by atoms with E-state index in [1.54, 1.807) is 6.92 Å². The van der Waals surface area contributed by atoms with Crippen molar-refractivity contribution in [3.8, 4) is 0 Å². The summed E-state index contributed by atoms with van der Waals surface area (Å²) in [5, 5.41) is 95.9. The molecule has 0 radical (unpaired) electrons. The molecular formula is C47H76O16. The lowest BCUT2D eigenvalue weighted by Gasteiger charge is -2.63. The number of aliphatic hydroxyl groups is 9. The molecular weight excluding hydrogens is 821 g/mol. The largest absolute Gasteiger partial charge is 0.432 e. The molecule has 5 aliphatic carbocycles. The van der Waals surface area contributed by atoms with Crippen LogP contribution in [0.15, 0.2) is 11.6 Å². The SMILES string of the molecule is CC(C)=CCCC(C)C1C(OC2OC(CO)C(O)C2O)CC2(C)C3CCC4C(C)(C(=O)OC5OC(C)C(O)C(O)C5O)C(OC5OC(C)C(O)C(O)C5O)CCC45CC35CCC12C. The fourth-order valence-corrected chi connectivity index (χ4v) is 15.3. The van der Waals surface area contributed by atoms with E-state index in [1.807, 2.05) is 6.92 Å². The highest BCUT2D eigenvalue weighted by molar-refractivity contribution is 5.78. The molecule has 360 valence electrons. The van der Waals surface area contributed by atoms with Crippen molar-refractivity contribution in [2.24, 2.45) is 50.7 Å². The van der Waals surface area contributed by atoms with Crippen molar-refractivity contribution in [1.29, 1.82) is 0 Å². The first kappa shape index (κ1) is 48.1. The third-order valence-electron chi connectivity index (χ3n) is 18.9. The minimum atomic E-state index is -1.72. The quantitative estimate of drug-likeness (QED) is 0.0815. The Bertz CT molecular complexity index is 1710. The lowest BCUT2D eigenvalue weighted by atomic mass is 9.41. The molecule has 25 atom stereocenters. The Balaban J connectivity index is 1.12. The van der Waals surface area contributed by atoms with Crippen LogP contribution in [0.4, 0.5) is 0 Å². The Hall–Kier alpha value is -1.35. The van der Waals surface area contributed by atoms with E-state index >= 15 is 4.79 Å². The van der Waals surface area contributed by atoms with E-state index in [-0.39, 0.29) is 51.4 Å². The monoisotopic (exact) mass is 897 g/mol. The number of fused-ring (bicyclic) bond motifs is 2. The van der Waals surface area contributed by atoms with E-state index in [0.29, 0.717) is 25.7 Å². The molecule has 25 unspecified atom stereocenters. The lowest BCUT2D eigenvalue weighted by Crippen LogP contribution is -2.64. The van der Waals surface area contributed by atoms with Gasteiger partial charge in [-0.1, -0.05) is 32.4 Å². The highest BCUT2D eigenvalue weighted by atomic mass is 16.7. The molecule has 5 saturated carbocycles. The maximum Gasteiger partial charge on any atom is 0.317 e. The molecule has 9 N–H and O–H groups in total. The van der Waals surface area contributed by atoms with Crippen LogP contribution in [0.25, 0.3) is 0 Å². The number of rotatable bonds is 11. The fourth-order valence-electron chi connectivity index (χ4n) is 15.3. The predicted octanol–water partition coefficient (Wildman–Crippen LogP) is 1.81. The molecule has 0 aromatic heterocycles. The van der Waals surface area contributed by atoms with Crippen molar-refractivity contribution >= 4 is 5.97 Å². The van der Waals surface area contributed by atoms with Crippen molar-refractivity contribution in [1.82, 2.24) is 0 Å². The summed E-state index contributed by atoms with van der Waals surface area (Å²) < 4.78 is 37.1. The number of aliphatic hydroxyl groups excluding tert-OH is 9. The molecule has 0 aromatic carbocycles. The molecule has 0 aromatic rings. The van der Waals surface area contributed by atoms with Crippen molar-refractivity contribution in [2.45, 2.75) is 218 Å². The van der Waals surface area contributed by atoms with Gasteiger partial charge in [0.1, 0.15) is 54.9 Å². The fraction of sp³-hybridized carbons (Fsp3) is 0.936. The average molecular weight is 897 g/mol. The first-order valence-corrected chi connectivity index (χ1v) is 23.7. The zero-order valence-electron chi connectivity index (χ0n) is 38.3. The summed E-state index contributed by atoms with van der Waals surface area (Å²) in [6, 6.07) is 0. The van der Waals surface area contributed by atoms with Crippen molar-refractivity contribution in [2.75, 3.05) is 6.61 Å². The van der Waals surface area contributed by atoms with Gasteiger partial charge in [0.15, 0.2) is 12.6 Å².